The molecule has 1 amide bonds. The van der Waals surface area contributed by atoms with Crippen LogP contribution in [0, 0.1) is 5.92 Å². The molecule has 1 fully saturated rings. The third kappa shape index (κ3) is 6.42. The molecule has 2 rings (SSSR count). The van der Waals surface area contributed by atoms with Crippen LogP contribution in [0.5, 0.6) is 0 Å². The molecule has 1 aliphatic rings. The zero-order valence-electron chi connectivity index (χ0n) is 19.3. The fraction of sp³-hybridized carbons (Fsp3) is 0.500. The summed E-state index contributed by atoms with van der Waals surface area (Å²) in [5.74, 6) is -1.79. The lowest BCUT2D eigenvalue weighted by Gasteiger charge is -2.31. The van der Waals surface area contributed by atoms with E-state index >= 15 is 0 Å². The van der Waals surface area contributed by atoms with Gasteiger partial charge in [0.1, 0.15) is 6.10 Å². The molecule has 0 aliphatic carbocycles. The lowest BCUT2D eigenvalue weighted by atomic mass is 9.92. The summed E-state index contributed by atoms with van der Waals surface area (Å²) in [7, 11) is 2.54. The van der Waals surface area contributed by atoms with Gasteiger partial charge in [-0.15, -0.1) is 0 Å². The van der Waals surface area contributed by atoms with Crippen molar-refractivity contribution < 1.29 is 33.4 Å². The highest BCUT2D eigenvalue weighted by Gasteiger charge is 2.27. The molecule has 0 saturated carbocycles. The molecule has 0 N–H and O–H groups in total. The van der Waals surface area contributed by atoms with Gasteiger partial charge >= 0.3 is 17.9 Å². The highest BCUT2D eigenvalue weighted by Crippen LogP contribution is 2.23. The maximum atomic E-state index is 12.8. The number of likely N-dealkylation sites (tertiary alicyclic amines) is 1. The number of methoxy groups -OCH3 is 2. The number of ether oxygens (including phenoxy) is 3. The molecule has 8 nitrogen and oxygen atoms in total. The predicted molar refractivity (Wildman–Crippen MR) is 117 cm³/mol. The van der Waals surface area contributed by atoms with E-state index in [4.69, 9.17) is 14.2 Å². The topological polar surface area (TPSA) is 99.2 Å². The number of carbonyl (C=O) groups excluding carboxylic acids is 4. The first-order chi connectivity index (χ1) is 15.2. The van der Waals surface area contributed by atoms with Crippen LogP contribution in [0.1, 0.15) is 49.5 Å². The van der Waals surface area contributed by atoms with Crippen LogP contribution in [0.25, 0.3) is 0 Å². The van der Waals surface area contributed by atoms with Gasteiger partial charge in [0.2, 0.25) is 0 Å². The van der Waals surface area contributed by atoms with Crippen molar-refractivity contribution in [2.75, 3.05) is 27.3 Å². The minimum Gasteiger partial charge on any atom is -0.466 e. The maximum Gasteiger partial charge on any atom is 0.334 e. The van der Waals surface area contributed by atoms with E-state index in [1.165, 1.54) is 21.1 Å². The monoisotopic (exact) mass is 445 g/mol. The summed E-state index contributed by atoms with van der Waals surface area (Å²) in [4.78, 5) is 50.3. The van der Waals surface area contributed by atoms with Crippen molar-refractivity contribution in [2.24, 2.45) is 5.92 Å². The van der Waals surface area contributed by atoms with E-state index in [1.54, 1.807) is 29.2 Å². The average molecular weight is 446 g/mol. The first kappa shape index (κ1) is 25.1. The number of rotatable bonds is 7. The summed E-state index contributed by atoms with van der Waals surface area (Å²) in [5, 5.41) is 0. The zero-order valence-corrected chi connectivity index (χ0v) is 19.3. The molecular weight excluding hydrogens is 414 g/mol. The number of esters is 3. The normalized spacial score (nSPS) is 15.1. The van der Waals surface area contributed by atoms with Crippen molar-refractivity contribution in [3.63, 3.8) is 0 Å². The standard InChI is InChI=1S/C24H31NO7/c1-15(2)21(24(29)31-5)20(23(28)30-4)14-17-6-8-18(9-7-17)22(27)25-12-10-19(11-13-25)32-16(3)26/h6-9,15,19H,10-14H2,1-5H3/b21-20-. The molecule has 0 spiro atoms. The second kappa shape index (κ2) is 11.5. The number of nitrogens with zero attached hydrogens (tertiary/aromatic N) is 1. The quantitative estimate of drug-likeness (QED) is 0.361. The first-order valence-electron chi connectivity index (χ1n) is 10.6. The lowest BCUT2D eigenvalue weighted by Crippen LogP contribution is -2.41. The van der Waals surface area contributed by atoms with Gasteiger partial charge in [-0.2, -0.15) is 0 Å². The van der Waals surface area contributed by atoms with Crippen LogP contribution in [0.3, 0.4) is 0 Å². The van der Waals surface area contributed by atoms with Crippen LogP contribution in [0.4, 0.5) is 0 Å². The molecule has 1 aliphatic heterocycles. The van der Waals surface area contributed by atoms with Crippen molar-refractivity contribution in [1.82, 2.24) is 4.90 Å². The van der Waals surface area contributed by atoms with Crippen molar-refractivity contribution in [2.45, 2.75) is 46.1 Å². The Labute approximate surface area is 188 Å². The molecule has 0 aromatic heterocycles. The number of hydrogen-bond donors (Lipinski definition) is 0. The molecule has 1 heterocycles. The number of piperidine rings is 1. The molecule has 0 atom stereocenters. The highest BCUT2D eigenvalue weighted by atomic mass is 16.5. The Morgan fingerprint density at radius 2 is 1.53 bits per heavy atom. The fourth-order valence-corrected chi connectivity index (χ4v) is 3.78. The number of amides is 1. The van der Waals surface area contributed by atoms with Gasteiger partial charge < -0.3 is 19.1 Å². The van der Waals surface area contributed by atoms with Gasteiger partial charge in [-0.1, -0.05) is 26.0 Å². The smallest absolute Gasteiger partial charge is 0.334 e. The number of hydrogen-bond acceptors (Lipinski definition) is 7. The molecule has 1 saturated heterocycles. The van der Waals surface area contributed by atoms with Gasteiger partial charge in [-0.05, 0) is 23.6 Å². The van der Waals surface area contributed by atoms with Gasteiger partial charge in [0.05, 0.1) is 25.4 Å². The van der Waals surface area contributed by atoms with E-state index in [9.17, 15) is 19.2 Å². The maximum absolute atomic E-state index is 12.8. The van der Waals surface area contributed by atoms with Crippen LogP contribution >= 0.6 is 0 Å². The van der Waals surface area contributed by atoms with Crippen molar-refractivity contribution >= 4 is 23.8 Å². The Morgan fingerprint density at radius 1 is 0.969 bits per heavy atom. The summed E-state index contributed by atoms with van der Waals surface area (Å²) in [6.45, 7) is 6.04. The first-order valence-corrected chi connectivity index (χ1v) is 10.6. The molecule has 0 radical (unpaired) electrons. The van der Waals surface area contributed by atoms with Crippen LogP contribution in [-0.2, 0) is 35.0 Å². The Balaban J connectivity index is 2.15. The van der Waals surface area contributed by atoms with E-state index in [-0.39, 0.29) is 41.5 Å². The second-order valence-electron chi connectivity index (χ2n) is 8.00. The Bertz CT molecular complexity index is 878. The van der Waals surface area contributed by atoms with Crippen molar-refractivity contribution in [1.29, 1.82) is 0 Å². The summed E-state index contributed by atoms with van der Waals surface area (Å²) in [6, 6.07) is 6.93. The molecule has 32 heavy (non-hydrogen) atoms. The highest BCUT2D eigenvalue weighted by molar-refractivity contribution is 6.01. The lowest BCUT2D eigenvalue weighted by molar-refractivity contribution is -0.148. The van der Waals surface area contributed by atoms with E-state index in [0.717, 1.165) is 5.56 Å². The van der Waals surface area contributed by atoms with Crippen LogP contribution in [-0.4, -0.2) is 62.1 Å². The van der Waals surface area contributed by atoms with E-state index in [0.29, 0.717) is 31.5 Å². The van der Waals surface area contributed by atoms with Crippen molar-refractivity contribution in [3.05, 3.63) is 46.5 Å². The SMILES string of the molecule is COC(=O)/C(Cc1ccc(C(=O)N2CCC(OC(C)=O)CC2)cc1)=C(\C(=O)OC)C(C)C. The van der Waals surface area contributed by atoms with Crippen molar-refractivity contribution in [3.8, 4) is 0 Å². The largest absolute Gasteiger partial charge is 0.466 e. The molecule has 1 aromatic rings. The molecule has 1 aromatic carbocycles. The molecule has 174 valence electrons. The predicted octanol–water partition coefficient (Wildman–Crippen LogP) is 2.70. The van der Waals surface area contributed by atoms with Gasteiger partial charge in [0.25, 0.3) is 5.91 Å². The summed E-state index contributed by atoms with van der Waals surface area (Å²) in [5.41, 5.74) is 1.80. The third-order valence-electron chi connectivity index (χ3n) is 5.38. The second-order valence-corrected chi connectivity index (χ2v) is 8.00. The van der Waals surface area contributed by atoms with Crippen LogP contribution in [0.15, 0.2) is 35.4 Å². The Morgan fingerprint density at radius 3 is 2.00 bits per heavy atom. The van der Waals surface area contributed by atoms with E-state index in [1.807, 2.05) is 13.8 Å². The zero-order chi connectivity index (χ0) is 23.8. The summed E-state index contributed by atoms with van der Waals surface area (Å²) >= 11 is 0. The average Bonchev–Trinajstić information content (AvgIpc) is 2.77. The molecule has 8 heteroatoms. The number of benzene rings is 1. The van der Waals surface area contributed by atoms with Crippen LogP contribution < -0.4 is 0 Å². The summed E-state index contributed by atoms with van der Waals surface area (Å²) in [6.07, 6.45) is 1.26. The van der Waals surface area contributed by atoms with Gasteiger partial charge in [0.15, 0.2) is 0 Å². The van der Waals surface area contributed by atoms with Gasteiger partial charge in [-0.25, -0.2) is 9.59 Å². The van der Waals surface area contributed by atoms with Gasteiger partial charge in [-0.3, -0.25) is 9.59 Å². The van der Waals surface area contributed by atoms with E-state index in [2.05, 4.69) is 0 Å². The number of carbonyl (C=O) groups is 4. The van der Waals surface area contributed by atoms with E-state index < -0.39 is 11.9 Å². The van der Waals surface area contributed by atoms with Gasteiger partial charge in [0, 0.05) is 44.8 Å². The molecular formula is C24H31NO7. The minimum atomic E-state index is -0.588. The fourth-order valence-electron chi connectivity index (χ4n) is 3.78. The molecule has 0 bridgehead atoms. The minimum absolute atomic E-state index is 0.0982. The third-order valence-corrected chi connectivity index (χ3v) is 5.38. The molecule has 0 unspecified atom stereocenters. The Kier molecular flexibility index (Phi) is 8.99. The van der Waals surface area contributed by atoms with Crippen LogP contribution in [0.2, 0.25) is 0 Å². The summed E-state index contributed by atoms with van der Waals surface area (Å²) < 4.78 is 15.0. The Hall–Kier alpha value is -3.16.